The molecule has 0 aliphatic carbocycles. The summed E-state index contributed by atoms with van der Waals surface area (Å²) in [5, 5.41) is 20.1. The van der Waals surface area contributed by atoms with E-state index in [2.05, 4.69) is 19.5 Å². The zero-order valence-corrected chi connectivity index (χ0v) is 12.9. The Labute approximate surface area is 134 Å². The van der Waals surface area contributed by atoms with Crippen molar-refractivity contribution in [2.45, 2.75) is 24.5 Å². The Balaban J connectivity index is 0.00000208. The van der Waals surface area contributed by atoms with E-state index < -0.39 is 39.0 Å². The largest absolute Gasteiger partial charge is 0.469 e. The minimum absolute atomic E-state index is 0. The fourth-order valence-electron chi connectivity index (χ4n) is 2.32. The van der Waals surface area contributed by atoms with Gasteiger partial charge in [-0.25, -0.2) is 19.5 Å². The topological polar surface area (TPSA) is 218 Å². The first-order valence-corrected chi connectivity index (χ1v) is 7.95. The van der Waals surface area contributed by atoms with E-state index in [1.165, 1.54) is 17.2 Å². The highest BCUT2D eigenvalue weighted by Gasteiger charge is 2.45. The molecule has 0 amide bonds. The summed E-state index contributed by atoms with van der Waals surface area (Å²) in [5.74, 6) is 0.142. The van der Waals surface area contributed by atoms with E-state index in [9.17, 15) is 14.8 Å². The van der Waals surface area contributed by atoms with E-state index in [4.69, 9.17) is 20.3 Å². The van der Waals surface area contributed by atoms with Gasteiger partial charge in [-0.3, -0.25) is 9.09 Å². The number of imidazole rings is 1. The number of ether oxygens (including phenoxy) is 1. The van der Waals surface area contributed by atoms with E-state index >= 15 is 0 Å². The first-order valence-electron chi connectivity index (χ1n) is 6.42. The van der Waals surface area contributed by atoms with Crippen LogP contribution in [0.15, 0.2) is 12.7 Å². The molecule has 3 rings (SSSR count). The number of nitrogen functional groups attached to an aromatic ring is 1. The van der Waals surface area contributed by atoms with Gasteiger partial charge < -0.3 is 35.9 Å². The van der Waals surface area contributed by atoms with E-state index in [0.717, 1.165) is 0 Å². The van der Waals surface area contributed by atoms with Gasteiger partial charge in [0, 0.05) is 0 Å². The molecule has 2 aromatic rings. The third-order valence-electron chi connectivity index (χ3n) is 3.41. The van der Waals surface area contributed by atoms with Gasteiger partial charge in [-0.15, -0.1) is 0 Å². The Hall–Kier alpha value is -1.70. The SMILES string of the molecule is Nc1ncnc2c1ncn2C1OC(COP(=O)(O)O)[C@H](O)C1O.O. The van der Waals surface area contributed by atoms with Crippen LogP contribution in [0.3, 0.4) is 0 Å². The molecule has 0 bridgehead atoms. The normalized spacial score (nSPS) is 27.3. The van der Waals surface area contributed by atoms with Gasteiger partial charge in [-0.05, 0) is 0 Å². The molecule has 1 aliphatic heterocycles. The smallest absolute Gasteiger partial charge is 0.412 e. The van der Waals surface area contributed by atoms with Crippen molar-refractivity contribution >= 4 is 24.8 Å². The minimum atomic E-state index is -4.72. The second kappa shape index (κ2) is 6.66. The minimum Gasteiger partial charge on any atom is -0.412 e. The number of hydrogen-bond donors (Lipinski definition) is 5. The maximum atomic E-state index is 10.7. The molecule has 1 fully saturated rings. The number of nitrogens with two attached hydrogens (primary N) is 1. The van der Waals surface area contributed by atoms with Gasteiger partial charge in [-0.2, -0.15) is 0 Å². The average molecular weight is 365 g/mol. The van der Waals surface area contributed by atoms with Crippen LogP contribution in [0.4, 0.5) is 5.82 Å². The number of anilines is 1. The molecule has 134 valence electrons. The molecule has 4 atom stereocenters. The van der Waals surface area contributed by atoms with Crippen molar-refractivity contribution in [3.05, 3.63) is 12.7 Å². The molecular weight excluding hydrogens is 349 g/mol. The van der Waals surface area contributed by atoms with Crippen LogP contribution in [0.25, 0.3) is 11.2 Å². The van der Waals surface area contributed by atoms with Crippen LogP contribution >= 0.6 is 7.82 Å². The van der Waals surface area contributed by atoms with Crippen LogP contribution in [0.2, 0.25) is 0 Å². The van der Waals surface area contributed by atoms with Gasteiger partial charge >= 0.3 is 7.82 Å². The lowest BCUT2D eigenvalue weighted by molar-refractivity contribution is -0.0504. The molecule has 8 N–H and O–H groups in total. The van der Waals surface area contributed by atoms with Crippen LogP contribution in [0, 0.1) is 0 Å². The number of fused-ring (bicyclic) bond motifs is 1. The molecule has 1 aliphatic rings. The predicted molar refractivity (Wildman–Crippen MR) is 77.3 cm³/mol. The van der Waals surface area contributed by atoms with E-state index in [1.54, 1.807) is 0 Å². The molecule has 2 aromatic heterocycles. The summed E-state index contributed by atoms with van der Waals surface area (Å²) in [5.41, 5.74) is 6.25. The lowest BCUT2D eigenvalue weighted by atomic mass is 10.1. The summed E-state index contributed by atoms with van der Waals surface area (Å²) in [6.45, 7) is -0.594. The van der Waals surface area contributed by atoms with Crippen LogP contribution in [-0.2, 0) is 13.8 Å². The average Bonchev–Trinajstić information content (AvgIpc) is 3.01. The van der Waals surface area contributed by atoms with Crippen molar-refractivity contribution in [1.29, 1.82) is 0 Å². The molecule has 1 saturated heterocycles. The van der Waals surface area contributed by atoms with Gasteiger partial charge in [0.15, 0.2) is 17.7 Å². The molecule has 3 unspecified atom stereocenters. The summed E-state index contributed by atoms with van der Waals surface area (Å²) in [6, 6.07) is 0. The predicted octanol–water partition coefficient (Wildman–Crippen LogP) is -2.69. The van der Waals surface area contributed by atoms with Gasteiger partial charge in [0.25, 0.3) is 0 Å². The number of phosphoric ester groups is 1. The number of hydrogen-bond acceptors (Lipinski definition) is 9. The van der Waals surface area contributed by atoms with Crippen molar-refractivity contribution in [3.8, 4) is 0 Å². The monoisotopic (exact) mass is 365 g/mol. The van der Waals surface area contributed by atoms with Crippen LogP contribution in [0.1, 0.15) is 6.23 Å². The molecule has 24 heavy (non-hydrogen) atoms. The second-order valence-electron chi connectivity index (χ2n) is 4.92. The number of aromatic nitrogens is 4. The highest BCUT2D eigenvalue weighted by atomic mass is 31.2. The second-order valence-corrected chi connectivity index (χ2v) is 6.15. The summed E-state index contributed by atoms with van der Waals surface area (Å²) in [6.07, 6.45) is -2.49. The van der Waals surface area contributed by atoms with Crippen molar-refractivity contribution in [1.82, 2.24) is 19.5 Å². The molecule has 14 heteroatoms. The maximum absolute atomic E-state index is 10.7. The molecular formula is C10H16N5O8P. The van der Waals surface area contributed by atoms with Crippen molar-refractivity contribution in [2.24, 2.45) is 0 Å². The van der Waals surface area contributed by atoms with E-state index in [-0.39, 0.29) is 16.9 Å². The summed E-state index contributed by atoms with van der Waals surface area (Å²) in [4.78, 5) is 29.2. The first kappa shape index (κ1) is 18.6. The first-order chi connectivity index (χ1) is 10.8. The Morgan fingerprint density at radius 2 is 2.00 bits per heavy atom. The molecule has 0 spiro atoms. The Bertz CT molecular complexity index is 765. The van der Waals surface area contributed by atoms with E-state index in [1.807, 2.05) is 0 Å². The Morgan fingerprint density at radius 1 is 1.29 bits per heavy atom. The summed E-state index contributed by atoms with van der Waals surface area (Å²) < 4.78 is 21.8. The standard InChI is InChI=1S/C10H14N5O7P.H2O/c11-8-5-9(13-2-12-8)15(3-14-5)10-7(17)6(16)4(22-10)1-21-23(18,19)20;/h2-4,6-7,10,16-17H,1H2,(H2,11,12,13)(H2,18,19,20);1H2/t4?,6-,7?,10?;/m0./s1. The fraction of sp³-hybridized carbons (Fsp3) is 0.500. The molecule has 0 aromatic carbocycles. The van der Waals surface area contributed by atoms with Gasteiger partial charge in [-0.1, -0.05) is 0 Å². The van der Waals surface area contributed by atoms with E-state index in [0.29, 0.717) is 5.52 Å². The van der Waals surface area contributed by atoms with Gasteiger partial charge in [0.05, 0.1) is 12.9 Å². The van der Waals surface area contributed by atoms with Gasteiger partial charge in [0.1, 0.15) is 30.2 Å². The molecule has 0 saturated carbocycles. The van der Waals surface area contributed by atoms with Crippen LogP contribution < -0.4 is 5.73 Å². The number of rotatable bonds is 4. The highest BCUT2D eigenvalue weighted by Crippen LogP contribution is 2.38. The van der Waals surface area contributed by atoms with Crippen molar-refractivity contribution in [2.75, 3.05) is 12.3 Å². The molecule has 13 nitrogen and oxygen atoms in total. The zero-order valence-electron chi connectivity index (χ0n) is 12.0. The Morgan fingerprint density at radius 3 is 2.67 bits per heavy atom. The number of aliphatic hydroxyl groups is 2. The van der Waals surface area contributed by atoms with Crippen molar-refractivity contribution in [3.63, 3.8) is 0 Å². The quantitative estimate of drug-likeness (QED) is 0.351. The third kappa shape index (κ3) is 3.38. The molecule has 0 radical (unpaired) electrons. The Kier molecular flexibility index (Phi) is 5.17. The third-order valence-corrected chi connectivity index (χ3v) is 3.89. The highest BCUT2D eigenvalue weighted by molar-refractivity contribution is 7.46. The fourth-order valence-corrected chi connectivity index (χ4v) is 2.66. The zero-order chi connectivity index (χ0) is 16.8. The summed E-state index contributed by atoms with van der Waals surface area (Å²) in [7, 11) is -4.72. The van der Waals surface area contributed by atoms with Crippen LogP contribution in [-0.4, -0.2) is 69.9 Å². The maximum Gasteiger partial charge on any atom is 0.469 e. The van der Waals surface area contributed by atoms with Crippen LogP contribution in [0.5, 0.6) is 0 Å². The number of nitrogens with zero attached hydrogens (tertiary/aromatic N) is 4. The molecule has 3 heterocycles. The summed E-state index contributed by atoms with van der Waals surface area (Å²) >= 11 is 0. The lowest BCUT2D eigenvalue weighted by Crippen LogP contribution is -2.33. The lowest BCUT2D eigenvalue weighted by Gasteiger charge is -2.16. The number of phosphoric acid groups is 1. The number of aliphatic hydroxyl groups excluding tert-OH is 2. The van der Waals surface area contributed by atoms with Gasteiger partial charge in [0.2, 0.25) is 0 Å². The van der Waals surface area contributed by atoms with Crippen molar-refractivity contribution < 1.29 is 39.3 Å².